The minimum Gasteiger partial charge on any atom is -0.392 e. The molecule has 1 N–H and O–H groups in total. The van der Waals surface area contributed by atoms with Crippen molar-refractivity contribution in [3.05, 3.63) is 23.1 Å². The molecule has 14 heavy (non-hydrogen) atoms. The van der Waals surface area contributed by atoms with E-state index in [0.717, 1.165) is 15.4 Å². The molecule has 1 aromatic carbocycles. The SMILES string of the molecule is CSc1c(CO)c(S)cc2ccsc12. The normalized spacial score (nSPS) is 11.1. The smallest absolute Gasteiger partial charge is 0.0704 e. The molecule has 2 rings (SSSR count). The lowest BCUT2D eigenvalue weighted by atomic mass is 10.2. The summed E-state index contributed by atoms with van der Waals surface area (Å²) >= 11 is 7.76. The van der Waals surface area contributed by atoms with Crippen LogP contribution in [-0.2, 0) is 6.61 Å². The maximum absolute atomic E-state index is 9.27. The lowest BCUT2D eigenvalue weighted by molar-refractivity contribution is 0.276. The van der Waals surface area contributed by atoms with Crippen molar-refractivity contribution in [3.63, 3.8) is 0 Å². The van der Waals surface area contributed by atoms with E-state index in [1.54, 1.807) is 23.1 Å². The third-order valence-electron chi connectivity index (χ3n) is 2.14. The van der Waals surface area contributed by atoms with Crippen LogP contribution in [0.5, 0.6) is 0 Å². The molecule has 0 bridgehead atoms. The number of fused-ring (bicyclic) bond motifs is 1. The van der Waals surface area contributed by atoms with Crippen LogP contribution in [0.4, 0.5) is 0 Å². The second-order valence-electron chi connectivity index (χ2n) is 2.90. The lowest BCUT2D eigenvalue weighted by Crippen LogP contribution is -1.89. The van der Waals surface area contributed by atoms with Gasteiger partial charge in [-0.25, -0.2) is 0 Å². The molecule has 0 radical (unpaired) electrons. The van der Waals surface area contributed by atoms with Crippen LogP contribution in [-0.4, -0.2) is 11.4 Å². The number of thiophene rings is 1. The van der Waals surface area contributed by atoms with Crippen LogP contribution >= 0.6 is 35.7 Å². The quantitative estimate of drug-likeness (QED) is 0.622. The summed E-state index contributed by atoms with van der Waals surface area (Å²) in [6.45, 7) is 0.0584. The first kappa shape index (κ1) is 10.4. The zero-order valence-corrected chi connectivity index (χ0v) is 10.2. The van der Waals surface area contributed by atoms with Crippen molar-refractivity contribution in [2.45, 2.75) is 16.4 Å². The van der Waals surface area contributed by atoms with Gasteiger partial charge in [-0.15, -0.1) is 35.7 Å². The van der Waals surface area contributed by atoms with E-state index in [2.05, 4.69) is 24.1 Å². The summed E-state index contributed by atoms with van der Waals surface area (Å²) < 4.78 is 1.25. The highest BCUT2D eigenvalue weighted by molar-refractivity contribution is 7.99. The first-order chi connectivity index (χ1) is 6.77. The average molecular weight is 242 g/mol. The van der Waals surface area contributed by atoms with Crippen LogP contribution in [0.3, 0.4) is 0 Å². The van der Waals surface area contributed by atoms with E-state index in [9.17, 15) is 5.11 Å². The number of thioether (sulfide) groups is 1. The minimum atomic E-state index is 0.0584. The highest BCUT2D eigenvalue weighted by Gasteiger charge is 2.10. The van der Waals surface area contributed by atoms with Crippen LogP contribution in [0.1, 0.15) is 5.56 Å². The van der Waals surface area contributed by atoms with E-state index in [1.807, 2.05) is 12.3 Å². The van der Waals surface area contributed by atoms with Gasteiger partial charge in [0.1, 0.15) is 0 Å². The predicted octanol–water partition coefficient (Wildman–Crippen LogP) is 3.40. The number of aliphatic hydroxyl groups is 1. The van der Waals surface area contributed by atoms with E-state index >= 15 is 0 Å². The van der Waals surface area contributed by atoms with Gasteiger partial charge in [0, 0.05) is 20.1 Å². The van der Waals surface area contributed by atoms with Gasteiger partial charge in [0.15, 0.2) is 0 Å². The maximum atomic E-state index is 9.27. The van der Waals surface area contributed by atoms with Crippen LogP contribution < -0.4 is 0 Å². The number of rotatable bonds is 2. The van der Waals surface area contributed by atoms with Crippen molar-refractivity contribution in [1.82, 2.24) is 0 Å². The molecule has 0 atom stereocenters. The second-order valence-corrected chi connectivity index (χ2v) is 5.12. The summed E-state index contributed by atoms with van der Waals surface area (Å²) in [5.74, 6) is 0. The summed E-state index contributed by atoms with van der Waals surface area (Å²) in [5.41, 5.74) is 0.941. The highest BCUT2D eigenvalue weighted by atomic mass is 32.2. The van der Waals surface area contributed by atoms with E-state index in [0.29, 0.717) is 0 Å². The summed E-state index contributed by atoms with van der Waals surface area (Å²) in [6, 6.07) is 4.10. The molecule has 74 valence electrons. The minimum absolute atomic E-state index is 0.0584. The zero-order valence-electron chi connectivity index (χ0n) is 7.65. The summed E-state index contributed by atoms with van der Waals surface area (Å²) in [4.78, 5) is 2.03. The van der Waals surface area contributed by atoms with Crippen molar-refractivity contribution in [1.29, 1.82) is 0 Å². The maximum Gasteiger partial charge on any atom is 0.0704 e. The number of benzene rings is 1. The molecule has 1 aromatic heterocycles. The van der Waals surface area contributed by atoms with E-state index in [4.69, 9.17) is 0 Å². The predicted molar refractivity (Wildman–Crippen MR) is 66.8 cm³/mol. The molecule has 0 aliphatic heterocycles. The first-order valence-electron chi connectivity index (χ1n) is 4.14. The molecular formula is C10H10OS3. The van der Waals surface area contributed by atoms with Crippen LogP contribution in [0.25, 0.3) is 10.1 Å². The molecule has 0 unspecified atom stereocenters. The fraction of sp³-hybridized carbons (Fsp3) is 0.200. The Morgan fingerprint density at radius 3 is 3.00 bits per heavy atom. The Morgan fingerprint density at radius 2 is 2.36 bits per heavy atom. The first-order valence-corrected chi connectivity index (χ1v) is 6.70. The molecule has 1 heterocycles. The lowest BCUT2D eigenvalue weighted by Gasteiger charge is -2.08. The Balaban J connectivity index is 2.82. The molecule has 0 fully saturated rings. The molecule has 0 spiro atoms. The summed E-state index contributed by atoms with van der Waals surface area (Å²) in [7, 11) is 0. The van der Waals surface area contributed by atoms with Crippen molar-refractivity contribution >= 4 is 45.8 Å². The Bertz CT molecular complexity index is 462. The Labute approximate surface area is 96.6 Å². The van der Waals surface area contributed by atoms with Crippen molar-refractivity contribution in [2.75, 3.05) is 6.26 Å². The van der Waals surface area contributed by atoms with Crippen LogP contribution in [0.15, 0.2) is 27.3 Å². The molecular weight excluding hydrogens is 232 g/mol. The molecule has 2 aromatic rings. The van der Waals surface area contributed by atoms with Gasteiger partial charge in [-0.1, -0.05) is 0 Å². The fourth-order valence-corrected chi connectivity index (χ4v) is 3.83. The Morgan fingerprint density at radius 1 is 1.57 bits per heavy atom. The number of thiol groups is 1. The van der Waals surface area contributed by atoms with E-state index < -0.39 is 0 Å². The Kier molecular flexibility index (Phi) is 3.07. The van der Waals surface area contributed by atoms with Crippen molar-refractivity contribution in [2.24, 2.45) is 0 Å². The summed E-state index contributed by atoms with van der Waals surface area (Å²) in [6.07, 6.45) is 2.03. The topological polar surface area (TPSA) is 20.2 Å². The fourth-order valence-electron chi connectivity index (χ4n) is 1.47. The van der Waals surface area contributed by atoms with Crippen molar-refractivity contribution < 1.29 is 5.11 Å². The molecule has 0 saturated heterocycles. The molecule has 1 nitrogen and oxygen atoms in total. The number of aliphatic hydroxyl groups excluding tert-OH is 1. The molecule has 0 amide bonds. The van der Waals surface area contributed by atoms with E-state index in [1.165, 1.54) is 10.1 Å². The van der Waals surface area contributed by atoms with Gasteiger partial charge in [-0.3, -0.25) is 0 Å². The van der Waals surface area contributed by atoms with Gasteiger partial charge in [0.2, 0.25) is 0 Å². The van der Waals surface area contributed by atoms with E-state index in [-0.39, 0.29) is 6.61 Å². The standard InChI is InChI=1S/C10H10OS3/c1-13-10-7(5-11)8(12)4-6-2-3-14-9(6)10/h2-4,11-12H,5H2,1H3. The van der Waals surface area contributed by atoms with Gasteiger partial charge in [-0.05, 0) is 29.2 Å². The third-order valence-corrected chi connectivity index (χ3v) is 4.47. The van der Waals surface area contributed by atoms with Gasteiger partial charge in [0.25, 0.3) is 0 Å². The second kappa shape index (κ2) is 4.14. The third kappa shape index (κ3) is 1.56. The summed E-state index contributed by atoms with van der Waals surface area (Å²) in [5, 5.41) is 12.5. The number of hydrogen-bond donors (Lipinski definition) is 2. The molecule has 4 heteroatoms. The van der Waals surface area contributed by atoms with Crippen LogP contribution in [0, 0.1) is 0 Å². The van der Waals surface area contributed by atoms with Gasteiger partial charge >= 0.3 is 0 Å². The zero-order chi connectivity index (χ0) is 10.1. The monoisotopic (exact) mass is 242 g/mol. The molecule has 0 aliphatic rings. The van der Waals surface area contributed by atoms with Gasteiger partial charge in [-0.2, -0.15) is 0 Å². The number of hydrogen-bond acceptors (Lipinski definition) is 4. The van der Waals surface area contributed by atoms with Gasteiger partial charge < -0.3 is 5.11 Å². The van der Waals surface area contributed by atoms with Gasteiger partial charge in [0.05, 0.1) is 6.61 Å². The highest BCUT2D eigenvalue weighted by Crippen LogP contribution is 2.37. The largest absolute Gasteiger partial charge is 0.392 e. The van der Waals surface area contributed by atoms with Crippen LogP contribution in [0.2, 0.25) is 0 Å². The molecule has 0 aliphatic carbocycles. The molecule has 0 saturated carbocycles. The Hall–Kier alpha value is -0.160. The average Bonchev–Trinajstić information content (AvgIpc) is 2.62. The van der Waals surface area contributed by atoms with Crippen molar-refractivity contribution in [3.8, 4) is 0 Å².